The Morgan fingerprint density at radius 3 is 2.17 bits per heavy atom. The lowest BCUT2D eigenvalue weighted by Gasteiger charge is -2.36. The molecule has 1 fully saturated rings. The predicted octanol–water partition coefficient (Wildman–Crippen LogP) is 3.00. The Labute approximate surface area is 112 Å². The molecular formula is C15H30N2O. The largest absolute Gasteiger partial charge is 0.322 e. The second kappa shape index (κ2) is 5.60. The van der Waals surface area contributed by atoms with Gasteiger partial charge in [0.2, 0.25) is 5.91 Å². The highest BCUT2D eigenvalue weighted by molar-refractivity contribution is 5.88. The molecule has 1 saturated heterocycles. The van der Waals surface area contributed by atoms with Crippen LogP contribution in [0.25, 0.3) is 0 Å². The third-order valence-electron chi connectivity index (χ3n) is 4.36. The smallest absolute Gasteiger partial charge is 0.244 e. The van der Waals surface area contributed by atoms with Gasteiger partial charge in [-0.05, 0) is 31.6 Å². The van der Waals surface area contributed by atoms with E-state index < -0.39 is 0 Å². The van der Waals surface area contributed by atoms with Crippen molar-refractivity contribution in [1.82, 2.24) is 10.2 Å². The second-order valence-electron chi connectivity index (χ2n) is 6.45. The Bertz CT molecular complexity index is 301. The van der Waals surface area contributed by atoms with Crippen LogP contribution < -0.4 is 5.32 Å². The average Bonchev–Trinajstić information content (AvgIpc) is 2.56. The molecular weight excluding hydrogens is 224 g/mol. The number of nitrogens with one attached hydrogen (secondary N) is 1. The molecule has 1 aliphatic rings. The van der Waals surface area contributed by atoms with Crippen LogP contribution in [0.3, 0.4) is 0 Å². The van der Waals surface area contributed by atoms with E-state index in [0.717, 1.165) is 12.8 Å². The summed E-state index contributed by atoms with van der Waals surface area (Å²) in [6.45, 7) is 15.1. The zero-order valence-corrected chi connectivity index (χ0v) is 13.1. The number of rotatable bonds is 5. The number of carbonyl (C=O) groups excluding carboxylic acids is 1. The molecule has 0 aromatic carbocycles. The monoisotopic (exact) mass is 254 g/mol. The Morgan fingerprint density at radius 1 is 1.28 bits per heavy atom. The molecule has 0 spiro atoms. The highest BCUT2D eigenvalue weighted by Crippen LogP contribution is 2.31. The lowest BCUT2D eigenvalue weighted by Crippen LogP contribution is -2.49. The van der Waals surface area contributed by atoms with Crippen LogP contribution in [0.4, 0.5) is 0 Å². The van der Waals surface area contributed by atoms with Crippen LogP contribution in [0.1, 0.15) is 61.3 Å². The fourth-order valence-electron chi connectivity index (χ4n) is 2.96. The minimum absolute atomic E-state index is 0.176. The first-order valence-corrected chi connectivity index (χ1v) is 7.38. The summed E-state index contributed by atoms with van der Waals surface area (Å²) in [6, 6.07) is 0.339. The van der Waals surface area contributed by atoms with Crippen molar-refractivity contribution in [3.63, 3.8) is 0 Å². The Morgan fingerprint density at radius 2 is 1.83 bits per heavy atom. The molecule has 0 radical (unpaired) electrons. The summed E-state index contributed by atoms with van der Waals surface area (Å²) in [6.07, 6.45) is 2.04. The number of hydrogen-bond acceptors (Lipinski definition) is 2. The first-order chi connectivity index (χ1) is 8.28. The molecule has 3 unspecified atom stereocenters. The first-order valence-electron chi connectivity index (χ1n) is 7.38. The highest BCUT2D eigenvalue weighted by Gasteiger charge is 2.49. The molecule has 0 aliphatic carbocycles. The fraction of sp³-hybridized carbons (Fsp3) is 0.933. The predicted molar refractivity (Wildman–Crippen MR) is 76.2 cm³/mol. The van der Waals surface area contributed by atoms with Crippen LogP contribution in [0, 0.1) is 11.8 Å². The van der Waals surface area contributed by atoms with Gasteiger partial charge in [-0.3, -0.25) is 10.1 Å². The second-order valence-corrected chi connectivity index (χ2v) is 6.45. The molecule has 0 aromatic rings. The average molecular weight is 254 g/mol. The maximum Gasteiger partial charge on any atom is 0.244 e. The summed E-state index contributed by atoms with van der Waals surface area (Å²) in [5.74, 6) is 1.22. The molecule has 1 heterocycles. The Kier molecular flexibility index (Phi) is 4.82. The van der Waals surface area contributed by atoms with Gasteiger partial charge in [-0.15, -0.1) is 0 Å². The highest BCUT2D eigenvalue weighted by atomic mass is 16.2. The van der Waals surface area contributed by atoms with Crippen molar-refractivity contribution in [3.05, 3.63) is 0 Å². The van der Waals surface area contributed by atoms with Crippen molar-refractivity contribution in [1.29, 1.82) is 0 Å². The minimum atomic E-state index is -0.378. The van der Waals surface area contributed by atoms with Crippen LogP contribution in [0.15, 0.2) is 0 Å². The fourth-order valence-corrected chi connectivity index (χ4v) is 2.96. The van der Waals surface area contributed by atoms with Gasteiger partial charge < -0.3 is 4.90 Å². The zero-order chi connectivity index (χ0) is 14.1. The van der Waals surface area contributed by atoms with E-state index in [9.17, 15) is 4.79 Å². The van der Waals surface area contributed by atoms with Crippen LogP contribution in [0.2, 0.25) is 0 Å². The molecule has 0 bridgehead atoms. The van der Waals surface area contributed by atoms with Gasteiger partial charge in [0.15, 0.2) is 0 Å². The first kappa shape index (κ1) is 15.5. The molecule has 1 rings (SSSR count). The molecule has 3 heteroatoms. The molecule has 1 aliphatic heterocycles. The SMILES string of the molecule is CCC(C(C)C)N1C(=O)C(C)(CC)NC1C(C)C. The van der Waals surface area contributed by atoms with Crippen molar-refractivity contribution in [2.75, 3.05) is 0 Å². The summed E-state index contributed by atoms with van der Waals surface area (Å²) in [5, 5.41) is 3.56. The lowest BCUT2D eigenvalue weighted by atomic mass is 9.95. The van der Waals surface area contributed by atoms with Crippen molar-refractivity contribution in [2.24, 2.45) is 11.8 Å². The maximum absolute atomic E-state index is 12.7. The molecule has 0 saturated carbocycles. The molecule has 1 amide bonds. The van der Waals surface area contributed by atoms with E-state index in [1.807, 2.05) is 6.92 Å². The number of amides is 1. The summed E-state index contributed by atoms with van der Waals surface area (Å²) in [5.41, 5.74) is -0.378. The van der Waals surface area contributed by atoms with Crippen LogP contribution in [-0.2, 0) is 4.79 Å². The van der Waals surface area contributed by atoms with Gasteiger partial charge in [0.25, 0.3) is 0 Å². The molecule has 106 valence electrons. The van der Waals surface area contributed by atoms with E-state index in [1.165, 1.54) is 0 Å². The molecule has 3 atom stereocenters. The quantitative estimate of drug-likeness (QED) is 0.818. The third kappa shape index (κ3) is 2.56. The summed E-state index contributed by atoms with van der Waals surface area (Å²) in [4.78, 5) is 14.9. The van der Waals surface area contributed by atoms with Crippen molar-refractivity contribution >= 4 is 5.91 Å². The van der Waals surface area contributed by atoms with Gasteiger partial charge in [-0.25, -0.2) is 0 Å². The molecule has 18 heavy (non-hydrogen) atoms. The van der Waals surface area contributed by atoms with Crippen LogP contribution in [0.5, 0.6) is 0 Å². The number of carbonyl (C=O) groups is 1. The lowest BCUT2D eigenvalue weighted by molar-refractivity contribution is -0.136. The van der Waals surface area contributed by atoms with E-state index in [1.54, 1.807) is 0 Å². The van der Waals surface area contributed by atoms with Crippen molar-refractivity contribution in [2.45, 2.75) is 79.1 Å². The normalized spacial score (nSPS) is 30.6. The van der Waals surface area contributed by atoms with Crippen LogP contribution >= 0.6 is 0 Å². The van der Waals surface area contributed by atoms with Crippen molar-refractivity contribution < 1.29 is 4.79 Å². The van der Waals surface area contributed by atoms with Gasteiger partial charge in [0.05, 0.1) is 11.7 Å². The van der Waals surface area contributed by atoms with Crippen LogP contribution in [-0.4, -0.2) is 28.6 Å². The number of hydrogen-bond donors (Lipinski definition) is 1. The van der Waals surface area contributed by atoms with Gasteiger partial charge in [-0.1, -0.05) is 41.5 Å². The van der Waals surface area contributed by atoms with E-state index >= 15 is 0 Å². The standard InChI is InChI=1S/C15H30N2O/c1-8-12(10(3)4)17-13(11(5)6)16-15(7,9-2)14(17)18/h10-13,16H,8-9H2,1-7H3. The Balaban J connectivity index is 3.08. The number of nitrogens with zero attached hydrogens (tertiary/aromatic N) is 1. The minimum Gasteiger partial charge on any atom is -0.322 e. The van der Waals surface area contributed by atoms with E-state index in [-0.39, 0.29) is 17.6 Å². The van der Waals surface area contributed by atoms with E-state index in [0.29, 0.717) is 17.9 Å². The van der Waals surface area contributed by atoms with Gasteiger partial charge in [-0.2, -0.15) is 0 Å². The maximum atomic E-state index is 12.7. The topological polar surface area (TPSA) is 32.3 Å². The van der Waals surface area contributed by atoms with Crippen molar-refractivity contribution in [3.8, 4) is 0 Å². The van der Waals surface area contributed by atoms with E-state index in [4.69, 9.17) is 0 Å². The summed E-state index contributed by atoms with van der Waals surface area (Å²) < 4.78 is 0. The zero-order valence-electron chi connectivity index (χ0n) is 13.1. The molecule has 1 N–H and O–H groups in total. The van der Waals surface area contributed by atoms with Gasteiger partial charge in [0, 0.05) is 6.04 Å². The van der Waals surface area contributed by atoms with Gasteiger partial charge in [0.1, 0.15) is 0 Å². The van der Waals surface area contributed by atoms with Gasteiger partial charge >= 0.3 is 0 Å². The van der Waals surface area contributed by atoms with E-state index in [2.05, 4.69) is 51.8 Å². The Hall–Kier alpha value is -0.570. The molecule has 3 nitrogen and oxygen atoms in total. The molecule has 0 aromatic heterocycles. The summed E-state index contributed by atoms with van der Waals surface area (Å²) in [7, 11) is 0. The third-order valence-corrected chi connectivity index (χ3v) is 4.36. The summed E-state index contributed by atoms with van der Waals surface area (Å²) >= 11 is 0.